The van der Waals surface area contributed by atoms with Crippen molar-refractivity contribution in [3.63, 3.8) is 0 Å². The number of hydrogen-bond acceptors (Lipinski definition) is 1. The van der Waals surface area contributed by atoms with Gasteiger partial charge in [0.1, 0.15) is 0 Å². The van der Waals surface area contributed by atoms with Gasteiger partial charge in [-0.1, -0.05) is 24.3 Å². The van der Waals surface area contributed by atoms with Gasteiger partial charge in [-0.15, -0.1) is 0 Å². The number of carbonyl (C=O) groups excluding carboxylic acids is 1. The molecule has 0 atom stereocenters. The molecule has 0 spiro atoms. The van der Waals surface area contributed by atoms with Crippen LogP contribution < -0.4 is 5.73 Å². The molecule has 0 saturated heterocycles. The fraction of sp³-hybridized carbons (Fsp3) is 0.136. The smallest absolute Gasteiger partial charge is 0.366 e. The second-order valence-corrected chi connectivity index (χ2v) is 7.08. The Labute approximate surface area is 171 Å². The first-order chi connectivity index (χ1) is 14.5. The lowest BCUT2D eigenvalue weighted by atomic mass is 10.0. The van der Waals surface area contributed by atoms with Crippen molar-refractivity contribution in [2.24, 2.45) is 5.73 Å². The molecule has 4 aromatic rings. The van der Waals surface area contributed by atoms with E-state index in [4.69, 9.17) is 5.73 Å². The van der Waals surface area contributed by atoms with E-state index in [1.807, 2.05) is 0 Å². The second-order valence-electron chi connectivity index (χ2n) is 7.08. The molecule has 2 N–H and O–H groups in total. The molecule has 3 nitrogen and oxygen atoms in total. The van der Waals surface area contributed by atoms with E-state index in [0.29, 0.717) is 16.3 Å². The van der Waals surface area contributed by atoms with Gasteiger partial charge in [-0.25, -0.2) is 0 Å². The van der Waals surface area contributed by atoms with Gasteiger partial charge < -0.3 is 10.3 Å². The Morgan fingerprint density at radius 1 is 0.806 bits per heavy atom. The number of nitrogens with two attached hydrogens (primary N) is 1. The summed E-state index contributed by atoms with van der Waals surface area (Å²) in [5.41, 5.74) is 4.56. The second kappa shape index (κ2) is 7.04. The monoisotopic (exact) mass is 436 g/mol. The molecular weight excluding hydrogens is 422 g/mol. The third kappa shape index (κ3) is 3.71. The molecule has 160 valence electrons. The van der Waals surface area contributed by atoms with E-state index < -0.39 is 29.4 Å². The first kappa shape index (κ1) is 20.8. The van der Waals surface area contributed by atoms with Gasteiger partial charge in [0, 0.05) is 22.9 Å². The van der Waals surface area contributed by atoms with Gasteiger partial charge in [0.25, 0.3) is 0 Å². The lowest BCUT2D eigenvalue weighted by Crippen LogP contribution is -2.11. The van der Waals surface area contributed by atoms with E-state index in [-0.39, 0.29) is 23.2 Å². The molecule has 1 aromatic heterocycles. The van der Waals surface area contributed by atoms with Crippen LogP contribution in [0, 0.1) is 0 Å². The van der Waals surface area contributed by atoms with Gasteiger partial charge in [0.15, 0.2) is 0 Å². The van der Waals surface area contributed by atoms with Crippen molar-refractivity contribution >= 4 is 27.7 Å². The van der Waals surface area contributed by atoms with Crippen molar-refractivity contribution in [3.05, 3.63) is 82.9 Å². The van der Waals surface area contributed by atoms with Crippen LogP contribution in [0.3, 0.4) is 0 Å². The van der Waals surface area contributed by atoms with E-state index in [1.165, 1.54) is 34.9 Å². The van der Waals surface area contributed by atoms with Crippen LogP contribution in [-0.4, -0.2) is 10.5 Å². The van der Waals surface area contributed by atoms with E-state index in [1.54, 1.807) is 6.07 Å². The molecule has 0 fully saturated rings. The Morgan fingerprint density at radius 3 is 2.10 bits per heavy atom. The Kier molecular flexibility index (Phi) is 4.72. The topological polar surface area (TPSA) is 48.0 Å². The number of amides is 1. The standard InChI is InChI=1S/C22H14F6N2O/c23-21(24,25)13-4-1-3-12(9-13)11-30-17-6-2-5-16(20(29)31)19(17)15-8-7-14(10-18(15)30)22(26,27)28/h1-10H,11H2,(H2,29,31). The highest BCUT2D eigenvalue weighted by molar-refractivity contribution is 6.18. The van der Waals surface area contributed by atoms with Crippen molar-refractivity contribution in [2.45, 2.75) is 18.9 Å². The summed E-state index contributed by atoms with van der Waals surface area (Å²) in [6.45, 7) is -0.132. The number of nitrogens with zero attached hydrogens (tertiary/aromatic N) is 1. The molecule has 0 aliphatic heterocycles. The van der Waals surface area contributed by atoms with Gasteiger partial charge in [0.05, 0.1) is 22.2 Å². The first-order valence-corrected chi connectivity index (χ1v) is 9.05. The van der Waals surface area contributed by atoms with Crippen LogP contribution in [0.1, 0.15) is 27.0 Å². The largest absolute Gasteiger partial charge is 0.416 e. The molecular formula is C22H14F6N2O. The maximum atomic E-state index is 13.3. The molecule has 0 bridgehead atoms. The highest BCUT2D eigenvalue weighted by Crippen LogP contribution is 2.37. The molecule has 4 rings (SSSR count). The number of rotatable bonds is 3. The third-order valence-corrected chi connectivity index (χ3v) is 5.08. The number of primary amides is 1. The summed E-state index contributed by atoms with van der Waals surface area (Å²) in [7, 11) is 0. The molecule has 0 aliphatic carbocycles. The zero-order valence-electron chi connectivity index (χ0n) is 15.7. The number of alkyl halides is 6. The number of fused-ring (bicyclic) bond motifs is 3. The van der Waals surface area contributed by atoms with Crippen LogP contribution in [0.2, 0.25) is 0 Å². The number of benzene rings is 3. The normalized spacial score (nSPS) is 12.6. The average molecular weight is 436 g/mol. The van der Waals surface area contributed by atoms with Gasteiger partial charge in [-0.05, 0) is 42.0 Å². The number of aromatic nitrogens is 1. The summed E-state index contributed by atoms with van der Waals surface area (Å²) < 4.78 is 80.7. The lowest BCUT2D eigenvalue weighted by molar-refractivity contribution is -0.138. The van der Waals surface area contributed by atoms with Gasteiger partial charge in [-0.2, -0.15) is 26.3 Å². The Morgan fingerprint density at radius 2 is 1.45 bits per heavy atom. The molecule has 9 heteroatoms. The van der Waals surface area contributed by atoms with E-state index in [0.717, 1.165) is 24.3 Å². The highest BCUT2D eigenvalue weighted by atomic mass is 19.4. The summed E-state index contributed by atoms with van der Waals surface area (Å²) in [4.78, 5) is 11.9. The molecule has 0 unspecified atom stereocenters. The molecule has 0 saturated carbocycles. The third-order valence-electron chi connectivity index (χ3n) is 5.08. The predicted molar refractivity (Wildman–Crippen MR) is 104 cm³/mol. The minimum Gasteiger partial charge on any atom is -0.366 e. The van der Waals surface area contributed by atoms with E-state index in [9.17, 15) is 31.1 Å². The zero-order valence-corrected chi connectivity index (χ0v) is 15.7. The van der Waals surface area contributed by atoms with Crippen molar-refractivity contribution in [3.8, 4) is 0 Å². The van der Waals surface area contributed by atoms with Gasteiger partial charge in [-0.3, -0.25) is 4.79 Å². The minimum absolute atomic E-state index is 0.116. The van der Waals surface area contributed by atoms with Crippen molar-refractivity contribution in [1.82, 2.24) is 4.57 Å². The summed E-state index contributed by atoms with van der Waals surface area (Å²) in [6.07, 6.45) is -9.17. The fourth-order valence-electron chi connectivity index (χ4n) is 3.72. The maximum absolute atomic E-state index is 13.3. The summed E-state index contributed by atoms with van der Waals surface area (Å²) in [5.74, 6) is -0.761. The Bertz CT molecular complexity index is 1320. The molecule has 0 aliphatic rings. The number of hydrogen-bond donors (Lipinski definition) is 1. The lowest BCUT2D eigenvalue weighted by Gasteiger charge is -2.12. The molecule has 31 heavy (non-hydrogen) atoms. The average Bonchev–Trinajstić information content (AvgIpc) is 3.00. The quantitative estimate of drug-likeness (QED) is 0.395. The highest BCUT2D eigenvalue weighted by Gasteiger charge is 2.32. The van der Waals surface area contributed by atoms with Crippen molar-refractivity contribution < 1.29 is 31.1 Å². The van der Waals surface area contributed by atoms with Crippen LogP contribution >= 0.6 is 0 Å². The maximum Gasteiger partial charge on any atom is 0.416 e. The summed E-state index contributed by atoms with van der Waals surface area (Å²) in [6, 6.07) is 12.2. The first-order valence-electron chi connectivity index (χ1n) is 9.05. The summed E-state index contributed by atoms with van der Waals surface area (Å²) >= 11 is 0. The SMILES string of the molecule is NC(=O)c1cccc2c1c1ccc(C(F)(F)F)cc1n2Cc1cccc(C(F)(F)F)c1. The predicted octanol–water partition coefficient (Wildman–Crippen LogP) is 5.98. The zero-order chi connectivity index (χ0) is 22.6. The molecule has 1 heterocycles. The molecule has 1 amide bonds. The van der Waals surface area contributed by atoms with Crippen LogP contribution in [-0.2, 0) is 18.9 Å². The van der Waals surface area contributed by atoms with E-state index in [2.05, 4.69) is 0 Å². The van der Waals surface area contributed by atoms with Crippen LogP contribution in [0.25, 0.3) is 21.8 Å². The van der Waals surface area contributed by atoms with Gasteiger partial charge >= 0.3 is 12.4 Å². The Balaban J connectivity index is 2.00. The number of carbonyl (C=O) groups is 1. The van der Waals surface area contributed by atoms with Crippen LogP contribution in [0.5, 0.6) is 0 Å². The Hall–Kier alpha value is -3.49. The molecule has 3 aromatic carbocycles. The van der Waals surface area contributed by atoms with Crippen molar-refractivity contribution in [1.29, 1.82) is 0 Å². The minimum atomic E-state index is -4.61. The number of halogens is 6. The molecule has 0 radical (unpaired) electrons. The fourth-order valence-corrected chi connectivity index (χ4v) is 3.72. The van der Waals surface area contributed by atoms with Crippen molar-refractivity contribution in [2.75, 3.05) is 0 Å². The van der Waals surface area contributed by atoms with Crippen LogP contribution in [0.4, 0.5) is 26.3 Å². The van der Waals surface area contributed by atoms with E-state index >= 15 is 0 Å². The van der Waals surface area contributed by atoms with Crippen LogP contribution in [0.15, 0.2) is 60.7 Å². The van der Waals surface area contributed by atoms with Gasteiger partial charge in [0.2, 0.25) is 5.91 Å². The summed E-state index contributed by atoms with van der Waals surface area (Å²) in [5, 5.41) is 0.704.